The SMILES string of the molecule is CC(C)NC(=O)CN(Cc1ccccc1F)S(C)(=O)=O. The Morgan fingerprint density at radius 2 is 1.95 bits per heavy atom. The molecule has 1 N–H and O–H groups in total. The van der Waals surface area contributed by atoms with Crippen LogP contribution in [0.15, 0.2) is 24.3 Å². The number of halogens is 1. The van der Waals surface area contributed by atoms with E-state index in [1.165, 1.54) is 18.2 Å². The summed E-state index contributed by atoms with van der Waals surface area (Å²) in [6.07, 6.45) is 0.997. The van der Waals surface area contributed by atoms with Crippen molar-refractivity contribution in [2.24, 2.45) is 0 Å². The molecule has 7 heteroatoms. The molecule has 0 saturated heterocycles. The molecule has 1 aromatic carbocycles. The van der Waals surface area contributed by atoms with Crippen molar-refractivity contribution < 1.29 is 17.6 Å². The predicted octanol–water partition coefficient (Wildman–Crippen LogP) is 1.11. The van der Waals surface area contributed by atoms with E-state index in [0.717, 1.165) is 10.6 Å². The van der Waals surface area contributed by atoms with E-state index in [2.05, 4.69) is 5.32 Å². The van der Waals surface area contributed by atoms with Crippen LogP contribution in [-0.2, 0) is 21.4 Å². The number of amides is 1. The Bertz CT molecular complexity index is 573. The number of nitrogens with zero attached hydrogens (tertiary/aromatic N) is 1. The number of carbonyl (C=O) groups is 1. The average molecular weight is 302 g/mol. The van der Waals surface area contributed by atoms with E-state index in [-0.39, 0.29) is 24.7 Å². The van der Waals surface area contributed by atoms with Crippen LogP contribution in [0.4, 0.5) is 4.39 Å². The molecular formula is C13H19FN2O3S. The topological polar surface area (TPSA) is 66.5 Å². The van der Waals surface area contributed by atoms with Gasteiger partial charge in [0.1, 0.15) is 5.82 Å². The third kappa shape index (κ3) is 5.26. The molecule has 5 nitrogen and oxygen atoms in total. The molecule has 20 heavy (non-hydrogen) atoms. The van der Waals surface area contributed by atoms with Gasteiger partial charge < -0.3 is 5.32 Å². The maximum atomic E-state index is 13.6. The minimum atomic E-state index is -3.60. The fourth-order valence-corrected chi connectivity index (χ4v) is 2.36. The minimum Gasteiger partial charge on any atom is -0.353 e. The van der Waals surface area contributed by atoms with Crippen molar-refractivity contribution in [3.8, 4) is 0 Å². The zero-order valence-electron chi connectivity index (χ0n) is 11.8. The molecule has 0 saturated carbocycles. The summed E-state index contributed by atoms with van der Waals surface area (Å²) in [6, 6.07) is 5.80. The van der Waals surface area contributed by atoms with Crippen molar-refractivity contribution in [2.45, 2.75) is 26.4 Å². The molecule has 0 fully saturated rings. The summed E-state index contributed by atoms with van der Waals surface area (Å²) < 4.78 is 37.9. The van der Waals surface area contributed by atoms with Crippen LogP contribution in [0.5, 0.6) is 0 Å². The Labute approximate surface area is 118 Å². The van der Waals surface area contributed by atoms with Gasteiger partial charge in [-0.2, -0.15) is 4.31 Å². The maximum Gasteiger partial charge on any atom is 0.235 e. The molecule has 0 spiro atoms. The van der Waals surface area contributed by atoms with Crippen molar-refractivity contribution in [1.29, 1.82) is 0 Å². The lowest BCUT2D eigenvalue weighted by Gasteiger charge is -2.20. The summed E-state index contributed by atoms with van der Waals surface area (Å²) in [7, 11) is -3.60. The lowest BCUT2D eigenvalue weighted by Crippen LogP contribution is -2.42. The van der Waals surface area contributed by atoms with Gasteiger partial charge in [0.25, 0.3) is 0 Å². The van der Waals surface area contributed by atoms with E-state index in [9.17, 15) is 17.6 Å². The van der Waals surface area contributed by atoms with Crippen LogP contribution in [0.1, 0.15) is 19.4 Å². The minimum absolute atomic E-state index is 0.0858. The zero-order valence-corrected chi connectivity index (χ0v) is 12.6. The van der Waals surface area contributed by atoms with Gasteiger partial charge in [-0.15, -0.1) is 0 Å². The maximum absolute atomic E-state index is 13.6. The second-order valence-electron chi connectivity index (χ2n) is 4.84. The molecule has 0 aromatic heterocycles. The van der Waals surface area contributed by atoms with E-state index < -0.39 is 21.7 Å². The molecule has 1 aromatic rings. The molecule has 0 radical (unpaired) electrons. The second kappa shape index (κ2) is 6.81. The van der Waals surface area contributed by atoms with Crippen molar-refractivity contribution in [1.82, 2.24) is 9.62 Å². The quantitative estimate of drug-likeness (QED) is 0.856. The van der Waals surface area contributed by atoms with Gasteiger partial charge in [-0.05, 0) is 19.9 Å². The smallest absolute Gasteiger partial charge is 0.235 e. The number of nitrogens with one attached hydrogen (secondary N) is 1. The van der Waals surface area contributed by atoms with Crippen molar-refractivity contribution in [3.63, 3.8) is 0 Å². The van der Waals surface area contributed by atoms with E-state index in [1.54, 1.807) is 19.9 Å². The summed E-state index contributed by atoms with van der Waals surface area (Å²) in [5.74, 6) is -0.910. The van der Waals surface area contributed by atoms with Gasteiger partial charge in [0.15, 0.2) is 0 Å². The highest BCUT2D eigenvalue weighted by Gasteiger charge is 2.21. The van der Waals surface area contributed by atoms with Gasteiger partial charge in [0.05, 0.1) is 12.8 Å². The molecule has 112 valence electrons. The largest absolute Gasteiger partial charge is 0.353 e. The van der Waals surface area contributed by atoms with Gasteiger partial charge >= 0.3 is 0 Å². The molecule has 0 atom stereocenters. The van der Waals surface area contributed by atoms with Gasteiger partial charge in [-0.25, -0.2) is 12.8 Å². The first kappa shape index (κ1) is 16.6. The fourth-order valence-electron chi connectivity index (χ4n) is 1.63. The molecule has 0 aliphatic heterocycles. The first-order chi connectivity index (χ1) is 9.20. The van der Waals surface area contributed by atoms with Crippen LogP contribution in [0.3, 0.4) is 0 Å². The van der Waals surface area contributed by atoms with Gasteiger partial charge in [-0.1, -0.05) is 18.2 Å². The molecule has 1 amide bonds. The standard InChI is InChI=1S/C13H19FN2O3S/c1-10(2)15-13(17)9-16(20(3,18)19)8-11-6-4-5-7-12(11)14/h4-7,10H,8-9H2,1-3H3,(H,15,17). The van der Waals surface area contributed by atoms with Crippen molar-refractivity contribution in [3.05, 3.63) is 35.6 Å². The highest BCUT2D eigenvalue weighted by atomic mass is 32.2. The molecule has 1 rings (SSSR count). The van der Waals surface area contributed by atoms with E-state index in [0.29, 0.717) is 0 Å². The Kier molecular flexibility index (Phi) is 5.64. The Balaban J connectivity index is 2.87. The van der Waals surface area contributed by atoms with Gasteiger partial charge in [-0.3, -0.25) is 4.79 Å². The van der Waals surface area contributed by atoms with E-state index in [4.69, 9.17) is 0 Å². The fraction of sp³-hybridized carbons (Fsp3) is 0.462. The number of hydrogen-bond acceptors (Lipinski definition) is 3. The molecule has 0 unspecified atom stereocenters. The van der Waals surface area contributed by atoms with Gasteiger partial charge in [0, 0.05) is 18.2 Å². The number of benzene rings is 1. The van der Waals surface area contributed by atoms with Crippen LogP contribution in [0, 0.1) is 5.82 Å². The number of hydrogen-bond donors (Lipinski definition) is 1. The normalized spacial score (nSPS) is 11.9. The lowest BCUT2D eigenvalue weighted by molar-refractivity contribution is -0.121. The van der Waals surface area contributed by atoms with Crippen LogP contribution in [0.25, 0.3) is 0 Å². The zero-order chi connectivity index (χ0) is 15.3. The molecule has 0 bridgehead atoms. The Morgan fingerprint density at radius 1 is 1.35 bits per heavy atom. The van der Waals surface area contributed by atoms with Gasteiger partial charge in [0.2, 0.25) is 15.9 Å². The Hall–Kier alpha value is -1.47. The number of rotatable bonds is 6. The van der Waals surface area contributed by atoms with Crippen LogP contribution >= 0.6 is 0 Å². The first-order valence-corrected chi connectivity index (χ1v) is 8.03. The van der Waals surface area contributed by atoms with Crippen LogP contribution < -0.4 is 5.32 Å². The molecule has 0 aliphatic carbocycles. The summed E-state index contributed by atoms with van der Waals surface area (Å²) in [5.41, 5.74) is 0.232. The van der Waals surface area contributed by atoms with Crippen LogP contribution in [0.2, 0.25) is 0 Å². The summed E-state index contributed by atoms with van der Waals surface area (Å²) in [4.78, 5) is 11.7. The number of sulfonamides is 1. The average Bonchev–Trinajstić information content (AvgIpc) is 2.28. The summed E-state index contributed by atoms with van der Waals surface area (Å²) in [6.45, 7) is 3.06. The second-order valence-corrected chi connectivity index (χ2v) is 6.83. The molecule has 0 aliphatic rings. The lowest BCUT2D eigenvalue weighted by atomic mass is 10.2. The first-order valence-electron chi connectivity index (χ1n) is 6.18. The monoisotopic (exact) mass is 302 g/mol. The molecule has 0 heterocycles. The van der Waals surface area contributed by atoms with Crippen molar-refractivity contribution in [2.75, 3.05) is 12.8 Å². The van der Waals surface area contributed by atoms with Crippen molar-refractivity contribution >= 4 is 15.9 Å². The number of carbonyl (C=O) groups excluding carboxylic acids is 1. The van der Waals surface area contributed by atoms with Crippen LogP contribution in [-0.4, -0.2) is 37.5 Å². The summed E-state index contributed by atoms with van der Waals surface area (Å²) >= 11 is 0. The third-order valence-electron chi connectivity index (χ3n) is 2.54. The third-order valence-corrected chi connectivity index (χ3v) is 3.74. The highest BCUT2D eigenvalue weighted by Crippen LogP contribution is 2.12. The van der Waals surface area contributed by atoms with E-state index >= 15 is 0 Å². The molecular weight excluding hydrogens is 283 g/mol. The summed E-state index contributed by atoms with van der Waals surface area (Å²) in [5, 5.41) is 2.61. The highest BCUT2D eigenvalue weighted by molar-refractivity contribution is 7.88. The van der Waals surface area contributed by atoms with E-state index in [1.807, 2.05) is 0 Å². The Morgan fingerprint density at radius 3 is 2.45 bits per heavy atom. The predicted molar refractivity (Wildman–Crippen MR) is 74.9 cm³/mol.